The van der Waals surface area contributed by atoms with Crippen molar-refractivity contribution in [3.05, 3.63) is 212 Å². The molecule has 0 aliphatic carbocycles. The molecule has 272 valence electrons. The summed E-state index contributed by atoms with van der Waals surface area (Å²) in [5.41, 5.74) is 12.8. The lowest BCUT2D eigenvalue weighted by molar-refractivity contribution is 1.18. The molecule has 0 saturated carbocycles. The molecule has 12 aromatic rings. The zero-order chi connectivity index (χ0) is 38.2. The van der Waals surface area contributed by atoms with Gasteiger partial charge in [-0.3, -0.25) is 0 Å². The van der Waals surface area contributed by atoms with Crippen LogP contribution in [-0.4, -0.2) is 9.13 Å². The van der Waals surface area contributed by atoms with Gasteiger partial charge in [0.15, 0.2) is 0 Å². The number of hydrogen-bond donors (Lipinski definition) is 0. The van der Waals surface area contributed by atoms with Crippen molar-refractivity contribution < 1.29 is 0 Å². The standard InChI is InChI=1S/C54H35N3S/c1-3-16-38(17-4-1)56-48-25-11-8-23-46(48)54-49(26-14-27-50(54)56)55(41-30-32-45-44-22-9-12-28-52(44)58-53(45)35-41)40-20-13-15-36(33-40)37-29-31-43-42-21-7-10-24-47(42)57(51(43)34-37)39-18-5-2-6-19-39/h1-35H. The van der Waals surface area contributed by atoms with Gasteiger partial charge in [-0.1, -0.05) is 127 Å². The molecule has 58 heavy (non-hydrogen) atoms. The first-order valence-corrected chi connectivity index (χ1v) is 20.6. The highest BCUT2D eigenvalue weighted by atomic mass is 32.1. The summed E-state index contributed by atoms with van der Waals surface area (Å²) in [6.45, 7) is 0. The van der Waals surface area contributed by atoms with Crippen LogP contribution in [0.4, 0.5) is 17.1 Å². The van der Waals surface area contributed by atoms with E-state index in [1.165, 1.54) is 69.3 Å². The summed E-state index contributed by atoms with van der Waals surface area (Å²) >= 11 is 1.86. The van der Waals surface area contributed by atoms with Crippen molar-refractivity contribution in [3.8, 4) is 22.5 Å². The Morgan fingerprint density at radius 2 is 0.879 bits per heavy atom. The van der Waals surface area contributed by atoms with Gasteiger partial charge < -0.3 is 14.0 Å². The summed E-state index contributed by atoms with van der Waals surface area (Å²) in [7, 11) is 0. The van der Waals surface area contributed by atoms with Crippen LogP contribution in [0, 0.1) is 0 Å². The molecule has 12 rings (SSSR count). The van der Waals surface area contributed by atoms with Gasteiger partial charge in [0.2, 0.25) is 0 Å². The van der Waals surface area contributed by atoms with Crippen molar-refractivity contribution in [2.75, 3.05) is 4.90 Å². The molecular formula is C54H35N3S. The van der Waals surface area contributed by atoms with Gasteiger partial charge in [-0.2, -0.15) is 0 Å². The van der Waals surface area contributed by atoms with E-state index in [0.717, 1.165) is 34.0 Å². The van der Waals surface area contributed by atoms with Crippen LogP contribution >= 0.6 is 11.3 Å². The van der Waals surface area contributed by atoms with Gasteiger partial charge in [0.1, 0.15) is 0 Å². The number of aromatic nitrogens is 2. The Hall–Kier alpha value is -7.40. The predicted octanol–water partition coefficient (Wildman–Crippen LogP) is 15.4. The average Bonchev–Trinajstić information content (AvgIpc) is 3.95. The monoisotopic (exact) mass is 757 g/mol. The zero-order valence-electron chi connectivity index (χ0n) is 31.5. The first-order valence-electron chi connectivity index (χ1n) is 19.8. The summed E-state index contributed by atoms with van der Waals surface area (Å²) in [6.07, 6.45) is 0. The van der Waals surface area contributed by atoms with E-state index in [0.29, 0.717) is 0 Å². The molecule has 0 spiro atoms. The largest absolute Gasteiger partial charge is 0.310 e. The fourth-order valence-corrected chi connectivity index (χ4v) is 10.3. The van der Waals surface area contributed by atoms with Gasteiger partial charge in [0.05, 0.1) is 27.8 Å². The molecule has 0 radical (unpaired) electrons. The maximum absolute atomic E-state index is 2.47. The highest BCUT2D eigenvalue weighted by Crippen LogP contribution is 2.46. The molecule has 0 N–H and O–H groups in total. The second-order valence-electron chi connectivity index (χ2n) is 14.9. The molecule has 0 amide bonds. The zero-order valence-corrected chi connectivity index (χ0v) is 32.3. The molecule has 4 heteroatoms. The molecule has 0 saturated heterocycles. The van der Waals surface area contributed by atoms with Crippen LogP contribution in [0.1, 0.15) is 0 Å². The van der Waals surface area contributed by atoms with Crippen LogP contribution in [0.5, 0.6) is 0 Å². The fourth-order valence-electron chi connectivity index (χ4n) is 9.15. The normalized spacial score (nSPS) is 11.8. The Labute approximate surface area is 339 Å². The minimum atomic E-state index is 1.10. The Bertz CT molecular complexity index is 3520. The van der Waals surface area contributed by atoms with Crippen LogP contribution < -0.4 is 4.90 Å². The third kappa shape index (κ3) is 5.05. The number of hydrogen-bond acceptors (Lipinski definition) is 2. The summed E-state index contributed by atoms with van der Waals surface area (Å²) < 4.78 is 7.38. The Kier molecular flexibility index (Phi) is 7.40. The molecule has 0 aliphatic rings. The summed E-state index contributed by atoms with van der Waals surface area (Å²) in [4.78, 5) is 2.47. The number of rotatable bonds is 6. The van der Waals surface area contributed by atoms with E-state index in [-0.39, 0.29) is 0 Å². The van der Waals surface area contributed by atoms with Crippen LogP contribution in [0.25, 0.3) is 86.3 Å². The van der Waals surface area contributed by atoms with Crippen LogP contribution in [0.3, 0.4) is 0 Å². The molecule has 0 fully saturated rings. The topological polar surface area (TPSA) is 13.1 Å². The van der Waals surface area contributed by atoms with E-state index in [1.54, 1.807) is 0 Å². The first kappa shape index (κ1) is 32.8. The van der Waals surface area contributed by atoms with Gasteiger partial charge in [0, 0.05) is 64.5 Å². The van der Waals surface area contributed by atoms with Crippen LogP contribution in [0.2, 0.25) is 0 Å². The quantitative estimate of drug-likeness (QED) is 0.165. The minimum absolute atomic E-state index is 1.10. The summed E-state index contributed by atoms with van der Waals surface area (Å²) in [5, 5.41) is 7.54. The van der Waals surface area contributed by atoms with Crippen molar-refractivity contribution in [1.29, 1.82) is 0 Å². The molecule has 0 atom stereocenters. The lowest BCUT2D eigenvalue weighted by Gasteiger charge is -2.27. The van der Waals surface area contributed by atoms with E-state index in [1.807, 2.05) is 11.3 Å². The lowest BCUT2D eigenvalue weighted by Crippen LogP contribution is -2.10. The smallest absolute Gasteiger partial charge is 0.0562 e. The molecule has 9 aromatic carbocycles. The molecule has 0 bridgehead atoms. The van der Waals surface area contributed by atoms with Gasteiger partial charge in [-0.15, -0.1) is 11.3 Å². The molecule has 0 unspecified atom stereocenters. The highest BCUT2D eigenvalue weighted by molar-refractivity contribution is 7.25. The van der Waals surface area contributed by atoms with E-state index < -0.39 is 0 Å². The number of thiophene rings is 1. The van der Waals surface area contributed by atoms with Crippen LogP contribution in [0.15, 0.2) is 212 Å². The maximum atomic E-state index is 2.47. The van der Waals surface area contributed by atoms with Crippen molar-refractivity contribution in [3.63, 3.8) is 0 Å². The predicted molar refractivity (Wildman–Crippen MR) is 248 cm³/mol. The second-order valence-corrected chi connectivity index (χ2v) is 16.0. The van der Waals surface area contributed by atoms with E-state index in [2.05, 4.69) is 226 Å². The number of anilines is 3. The summed E-state index contributed by atoms with van der Waals surface area (Å²) in [5.74, 6) is 0. The third-order valence-electron chi connectivity index (χ3n) is 11.7. The van der Waals surface area contributed by atoms with E-state index in [9.17, 15) is 0 Å². The Morgan fingerprint density at radius 1 is 0.328 bits per heavy atom. The molecule has 3 heterocycles. The second kappa shape index (κ2) is 13.1. The number of benzene rings is 9. The highest BCUT2D eigenvalue weighted by Gasteiger charge is 2.22. The molecule has 3 nitrogen and oxygen atoms in total. The molecular weight excluding hydrogens is 723 g/mol. The maximum Gasteiger partial charge on any atom is 0.0562 e. The SMILES string of the molecule is c1ccc(-n2c3ccccc3c3ccc(-c4cccc(N(c5ccc6c(c5)sc5ccccc56)c5cccc6c5c5ccccc5n6-c5ccccc5)c4)cc32)cc1. The van der Waals surface area contributed by atoms with Crippen molar-refractivity contribution in [2.24, 2.45) is 0 Å². The average molecular weight is 758 g/mol. The van der Waals surface area contributed by atoms with E-state index >= 15 is 0 Å². The number of para-hydroxylation sites is 4. The van der Waals surface area contributed by atoms with Gasteiger partial charge in [-0.25, -0.2) is 0 Å². The van der Waals surface area contributed by atoms with Gasteiger partial charge >= 0.3 is 0 Å². The van der Waals surface area contributed by atoms with Crippen LogP contribution in [-0.2, 0) is 0 Å². The minimum Gasteiger partial charge on any atom is -0.310 e. The summed E-state index contributed by atoms with van der Waals surface area (Å²) in [6, 6.07) is 77.5. The first-order chi connectivity index (χ1) is 28.8. The van der Waals surface area contributed by atoms with Gasteiger partial charge in [0.25, 0.3) is 0 Å². The Balaban J connectivity index is 1.10. The van der Waals surface area contributed by atoms with Crippen molar-refractivity contribution in [1.82, 2.24) is 9.13 Å². The van der Waals surface area contributed by atoms with Crippen molar-refractivity contribution in [2.45, 2.75) is 0 Å². The Morgan fingerprint density at radius 3 is 1.67 bits per heavy atom. The number of fused-ring (bicyclic) bond motifs is 9. The van der Waals surface area contributed by atoms with E-state index in [4.69, 9.17) is 0 Å². The van der Waals surface area contributed by atoms with Crippen molar-refractivity contribution >= 4 is 92.2 Å². The molecule has 3 aromatic heterocycles. The lowest BCUT2D eigenvalue weighted by atomic mass is 10.0. The third-order valence-corrected chi connectivity index (χ3v) is 12.8. The number of nitrogens with zero attached hydrogens (tertiary/aromatic N) is 3. The fraction of sp³-hybridized carbons (Fsp3) is 0. The van der Waals surface area contributed by atoms with Gasteiger partial charge in [-0.05, 0) is 96.1 Å². The molecule has 0 aliphatic heterocycles.